The number of hydrogen-bond acceptors (Lipinski definition) is 6. The Balaban J connectivity index is 1.95. The van der Waals surface area contributed by atoms with E-state index in [1.807, 2.05) is 6.92 Å². The first-order valence-corrected chi connectivity index (χ1v) is 8.85. The third-order valence-corrected chi connectivity index (χ3v) is 5.29. The van der Waals surface area contributed by atoms with E-state index in [9.17, 15) is 23.2 Å². The molecular formula is C18H21F3N4O2. The Morgan fingerprint density at radius 2 is 2.15 bits per heavy atom. The topological polar surface area (TPSA) is 69.5 Å². The second-order valence-corrected chi connectivity index (χ2v) is 7.05. The molecule has 3 rings (SSSR count). The van der Waals surface area contributed by atoms with Crippen LogP contribution >= 0.6 is 0 Å². The summed E-state index contributed by atoms with van der Waals surface area (Å²) in [5, 5.41) is 9.36. The summed E-state index contributed by atoms with van der Waals surface area (Å²) in [5.41, 5.74) is -1.39. The van der Waals surface area contributed by atoms with Crippen molar-refractivity contribution in [2.75, 3.05) is 36.5 Å². The van der Waals surface area contributed by atoms with E-state index in [2.05, 4.69) is 9.72 Å². The van der Waals surface area contributed by atoms with Gasteiger partial charge in [-0.25, -0.2) is 4.98 Å². The van der Waals surface area contributed by atoms with Crippen molar-refractivity contribution in [1.82, 2.24) is 4.98 Å². The number of ether oxygens (including phenoxy) is 1. The fourth-order valence-electron chi connectivity index (χ4n) is 3.58. The quantitative estimate of drug-likeness (QED) is 0.746. The number of carbonyl (C=O) groups excluding carboxylic acids is 1. The lowest BCUT2D eigenvalue weighted by molar-refractivity contribution is -0.141. The second-order valence-electron chi connectivity index (χ2n) is 7.05. The normalized spacial score (nSPS) is 22.4. The van der Waals surface area contributed by atoms with Crippen LogP contribution in [-0.4, -0.2) is 43.7 Å². The summed E-state index contributed by atoms with van der Waals surface area (Å²) in [7, 11) is 1.31. The molecule has 2 aliphatic rings. The number of alkyl halides is 3. The van der Waals surface area contributed by atoms with Crippen LogP contribution in [0.25, 0.3) is 0 Å². The molecular weight excluding hydrogens is 361 g/mol. The molecule has 3 heterocycles. The molecule has 1 aromatic rings. The van der Waals surface area contributed by atoms with E-state index >= 15 is 0 Å². The summed E-state index contributed by atoms with van der Waals surface area (Å²) in [6, 6.07) is 2.70. The van der Waals surface area contributed by atoms with E-state index in [0.717, 1.165) is 12.5 Å². The predicted octanol–water partition coefficient (Wildman–Crippen LogP) is 2.96. The van der Waals surface area contributed by atoms with E-state index in [1.54, 1.807) is 15.9 Å². The largest absolute Gasteiger partial charge is 0.469 e. The van der Waals surface area contributed by atoms with Crippen LogP contribution in [-0.2, 0) is 15.7 Å². The summed E-state index contributed by atoms with van der Waals surface area (Å²) >= 11 is 0. The van der Waals surface area contributed by atoms with Gasteiger partial charge in [0.25, 0.3) is 0 Å². The fraction of sp³-hybridized carbons (Fsp3) is 0.611. The van der Waals surface area contributed by atoms with Gasteiger partial charge in [0, 0.05) is 25.7 Å². The maximum atomic E-state index is 13.6. The number of methoxy groups -OCH3 is 1. The fourth-order valence-corrected chi connectivity index (χ4v) is 3.58. The summed E-state index contributed by atoms with van der Waals surface area (Å²) < 4.78 is 45.4. The van der Waals surface area contributed by atoms with Gasteiger partial charge < -0.3 is 14.5 Å². The lowest BCUT2D eigenvalue weighted by Gasteiger charge is -2.40. The zero-order valence-corrected chi connectivity index (χ0v) is 15.2. The zero-order valence-electron chi connectivity index (χ0n) is 15.2. The molecule has 0 bridgehead atoms. The molecule has 6 nitrogen and oxygen atoms in total. The van der Waals surface area contributed by atoms with Crippen molar-refractivity contribution in [3.63, 3.8) is 0 Å². The predicted molar refractivity (Wildman–Crippen MR) is 92.3 cm³/mol. The van der Waals surface area contributed by atoms with Gasteiger partial charge in [0.2, 0.25) is 0 Å². The van der Waals surface area contributed by atoms with Crippen LogP contribution in [0.5, 0.6) is 0 Å². The number of pyridine rings is 1. The minimum absolute atomic E-state index is 0.00983. The van der Waals surface area contributed by atoms with Crippen molar-refractivity contribution in [3.05, 3.63) is 17.2 Å². The van der Waals surface area contributed by atoms with Crippen molar-refractivity contribution in [2.24, 2.45) is 5.92 Å². The maximum absolute atomic E-state index is 13.6. The molecule has 1 aromatic heterocycles. The molecule has 146 valence electrons. The molecule has 0 aromatic carbocycles. The third-order valence-electron chi connectivity index (χ3n) is 5.29. The first-order chi connectivity index (χ1) is 12.7. The summed E-state index contributed by atoms with van der Waals surface area (Å²) in [5.74, 6) is -0.0309. The van der Waals surface area contributed by atoms with Crippen LogP contribution in [0.4, 0.5) is 24.8 Å². The first-order valence-electron chi connectivity index (χ1n) is 8.85. The minimum atomic E-state index is -4.64. The number of nitriles is 1. The molecule has 9 heteroatoms. The van der Waals surface area contributed by atoms with Crippen molar-refractivity contribution < 1.29 is 22.7 Å². The van der Waals surface area contributed by atoms with Gasteiger partial charge in [0.1, 0.15) is 23.3 Å². The number of aromatic nitrogens is 1. The Hall–Kier alpha value is -2.50. The van der Waals surface area contributed by atoms with Crippen LogP contribution in [0.3, 0.4) is 0 Å². The molecule has 0 unspecified atom stereocenters. The van der Waals surface area contributed by atoms with Gasteiger partial charge in [-0.05, 0) is 31.7 Å². The van der Waals surface area contributed by atoms with E-state index in [1.165, 1.54) is 7.11 Å². The molecule has 0 N–H and O–H groups in total. The molecule has 0 spiro atoms. The Morgan fingerprint density at radius 1 is 1.41 bits per heavy atom. The van der Waals surface area contributed by atoms with Crippen molar-refractivity contribution in [1.29, 1.82) is 5.26 Å². The number of hydrogen-bond donors (Lipinski definition) is 0. The first kappa shape index (κ1) is 19.3. The van der Waals surface area contributed by atoms with Gasteiger partial charge in [-0.1, -0.05) is 0 Å². The highest BCUT2D eigenvalue weighted by Crippen LogP contribution is 2.40. The van der Waals surface area contributed by atoms with Gasteiger partial charge in [0.15, 0.2) is 0 Å². The van der Waals surface area contributed by atoms with Gasteiger partial charge in [-0.3, -0.25) is 4.79 Å². The van der Waals surface area contributed by atoms with Crippen LogP contribution in [0, 0.1) is 17.2 Å². The van der Waals surface area contributed by atoms with Crippen LogP contribution in [0.2, 0.25) is 0 Å². The summed E-state index contributed by atoms with van der Waals surface area (Å²) in [6.45, 7) is 3.41. The highest BCUT2D eigenvalue weighted by Gasteiger charge is 2.39. The van der Waals surface area contributed by atoms with Gasteiger partial charge in [-0.15, -0.1) is 0 Å². The molecule has 0 aliphatic carbocycles. The standard InChI is InChI=1S/C18H21F3N4O2/c1-11-3-6-25(11)17-13(9-22)14(18(19,20)21)8-15(23-17)24-5-4-12(10-24)7-16(26)27-2/h8,11-12H,3-7,10H2,1-2H3/t11-,12+/m0/s1. The van der Waals surface area contributed by atoms with Gasteiger partial charge in [0.05, 0.1) is 19.1 Å². The number of halogens is 3. The number of carbonyl (C=O) groups is 1. The second kappa shape index (κ2) is 7.25. The average Bonchev–Trinajstić information content (AvgIpc) is 3.07. The highest BCUT2D eigenvalue weighted by atomic mass is 19.4. The van der Waals surface area contributed by atoms with E-state index in [-0.39, 0.29) is 36.0 Å². The number of esters is 1. The Labute approximate surface area is 155 Å². The average molecular weight is 382 g/mol. The lowest BCUT2D eigenvalue weighted by atomic mass is 10.0. The third kappa shape index (κ3) is 3.80. The Kier molecular flexibility index (Phi) is 5.18. The molecule has 2 aliphatic heterocycles. The number of rotatable bonds is 4. The van der Waals surface area contributed by atoms with Crippen LogP contribution < -0.4 is 9.80 Å². The molecule has 27 heavy (non-hydrogen) atoms. The molecule has 2 saturated heterocycles. The lowest BCUT2D eigenvalue weighted by Crippen LogP contribution is -2.47. The molecule has 2 fully saturated rings. The summed E-state index contributed by atoms with van der Waals surface area (Å²) in [4.78, 5) is 19.4. The Morgan fingerprint density at radius 3 is 2.67 bits per heavy atom. The monoisotopic (exact) mass is 382 g/mol. The molecule has 0 saturated carbocycles. The smallest absolute Gasteiger partial charge is 0.417 e. The Bertz CT molecular complexity index is 775. The SMILES string of the molecule is COC(=O)C[C@H]1CCN(c2cc(C(F)(F)F)c(C#N)c(N3CC[C@@H]3C)n2)C1. The molecule has 0 amide bonds. The minimum Gasteiger partial charge on any atom is -0.469 e. The van der Waals surface area contributed by atoms with Gasteiger partial charge >= 0.3 is 12.1 Å². The van der Waals surface area contributed by atoms with E-state index < -0.39 is 17.3 Å². The van der Waals surface area contributed by atoms with Crippen molar-refractivity contribution in [3.8, 4) is 6.07 Å². The van der Waals surface area contributed by atoms with Crippen LogP contribution in [0.1, 0.15) is 37.3 Å². The molecule has 0 radical (unpaired) electrons. The van der Waals surface area contributed by atoms with E-state index in [4.69, 9.17) is 0 Å². The molecule has 2 atom stereocenters. The van der Waals surface area contributed by atoms with Crippen molar-refractivity contribution in [2.45, 2.75) is 38.4 Å². The zero-order chi connectivity index (χ0) is 19.8. The van der Waals surface area contributed by atoms with E-state index in [0.29, 0.717) is 26.1 Å². The highest BCUT2D eigenvalue weighted by molar-refractivity contribution is 5.70. The number of anilines is 2. The van der Waals surface area contributed by atoms with Crippen molar-refractivity contribution >= 4 is 17.6 Å². The number of nitrogens with zero attached hydrogens (tertiary/aromatic N) is 4. The van der Waals surface area contributed by atoms with Crippen LogP contribution in [0.15, 0.2) is 6.07 Å². The summed E-state index contributed by atoms with van der Waals surface area (Å²) in [6.07, 6.45) is -2.89. The maximum Gasteiger partial charge on any atom is 0.417 e. The van der Waals surface area contributed by atoms with Gasteiger partial charge in [-0.2, -0.15) is 18.4 Å².